The summed E-state index contributed by atoms with van der Waals surface area (Å²) in [6, 6.07) is 3.76. The van der Waals surface area contributed by atoms with Crippen LogP contribution in [0.4, 0.5) is 0 Å². The second-order valence-electron chi connectivity index (χ2n) is 1.96. The van der Waals surface area contributed by atoms with E-state index >= 15 is 0 Å². The zero-order chi connectivity index (χ0) is 8.27. The summed E-state index contributed by atoms with van der Waals surface area (Å²) >= 11 is 6.36. The lowest BCUT2D eigenvalue weighted by Gasteiger charge is -1.90. The Morgan fingerprint density at radius 1 is 1.73 bits per heavy atom. The third-order valence-corrected chi connectivity index (χ3v) is 3.34. The van der Waals surface area contributed by atoms with E-state index in [2.05, 4.69) is 15.9 Å². The van der Waals surface area contributed by atoms with Crippen LogP contribution in [0.15, 0.2) is 15.9 Å². The summed E-state index contributed by atoms with van der Waals surface area (Å²) in [5, 5.41) is 0. The molecule has 1 nitrogen and oxygen atoms in total. The first-order chi connectivity index (χ1) is 5.24. The fraction of sp³-hybridized carbons (Fsp3) is 0.286. The van der Waals surface area contributed by atoms with Crippen LogP contribution in [0.2, 0.25) is 0 Å². The van der Waals surface area contributed by atoms with Crippen LogP contribution < -0.4 is 0 Å². The molecule has 1 aromatic heterocycles. The molecule has 0 atom stereocenters. The zero-order valence-corrected chi connectivity index (χ0v) is 9.18. The van der Waals surface area contributed by atoms with Crippen molar-refractivity contribution >= 4 is 44.8 Å². The van der Waals surface area contributed by atoms with Gasteiger partial charge in [-0.2, -0.15) is 11.8 Å². The molecule has 0 amide bonds. The largest absolute Gasteiger partial charge is 0.292 e. The molecule has 1 aromatic rings. The Morgan fingerprint density at radius 3 is 2.91 bits per heavy atom. The second-order valence-corrected chi connectivity index (χ2v) is 5.29. The van der Waals surface area contributed by atoms with E-state index < -0.39 is 0 Å². The van der Waals surface area contributed by atoms with Crippen LogP contribution in [0.1, 0.15) is 9.67 Å². The van der Waals surface area contributed by atoms with Crippen LogP contribution in [-0.2, 0) is 0 Å². The average molecular weight is 251 g/mol. The average Bonchev–Trinajstić information content (AvgIpc) is 2.36. The van der Waals surface area contributed by atoms with E-state index in [1.54, 1.807) is 11.8 Å². The molecule has 0 bridgehead atoms. The van der Waals surface area contributed by atoms with E-state index in [0.29, 0.717) is 5.75 Å². The highest BCUT2D eigenvalue weighted by atomic mass is 79.9. The molecule has 11 heavy (non-hydrogen) atoms. The number of carbonyl (C=O) groups is 1. The van der Waals surface area contributed by atoms with Gasteiger partial charge >= 0.3 is 0 Å². The first kappa shape index (κ1) is 9.29. The van der Waals surface area contributed by atoms with Gasteiger partial charge in [0, 0.05) is 0 Å². The topological polar surface area (TPSA) is 17.1 Å². The number of hydrogen-bond donors (Lipinski definition) is 0. The molecule has 0 fully saturated rings. The number of ketones is 1. The number of halogens is 1. The molecule has 0 aliphatic heterocycles. The standard InChI is InChI=1S/C7H7BrOS2/c1-10-4-5(9)6-2-3-7(8)11-6/h2-3H,4H2,1H3. The number of carbonyl (C=O) groups excluding carboxylic acids is 1. The van der Waals surface area contributed by atoms with Crippen LogP contribution in [0.5, 0.6) is 0 Å². The van der Waals surface area contributed by atoms with Gasteiger partial charge in [0.1, 0.15) is 0 Å². The molecule has 1 rings (SSSR count). The molecule has 0 aromatic carbocycles. The fourth-order valence-corrected chi connectivity index (χ4v) is 2.50. The number of thioether (sulfide) groups is 1. The third kappa shape index (κ3) is 2.61. The van der Waals surface area contributed by atoms with Crippen molar-refractivity contribution in [1.82, 2.24) is 0 Å². The van der Waals surface area contributed by atoms with Crippen LogP contribution in [0, 0.1) is 0 Å². The molecule has 0 saturated heterocycles. The van der Waals surface area contributed by atoms with Gasteiger partial charge < -0.3 is 0 Å². The van der Waals surface area contributed by atoms with Gasteiger partial charge in [0.15, 0.2) is 5.78 Å². The molecular formula is C7H7BrOS2. The first-order valence-electron chi connectivity index (χ1n) is 3.01. The van der Waals surface area contributed by atoms with Crippen molar-refractivity contribution < 1.29 is 4.79 Å². The van der Waals surface area contributed by atoms with Crippen LogP contribution in [0.3, 0.4) is 0 Å². The Kier molecular flexibility index (Phi) is 3.62. The van der Waals surface area contributed by atoms with Gasteiger partial charge in [-0.15, -0.1) is 11.3 Å². The summed E-state index contributed by atoms with van der Waals surface area (Å²) in [6.07, 6.45) is 1.93. The number of Topliss-reactive ketones (excluding diaryl/α,β-unsaturated/α-hetero) is 1. The van der Waals surface area contributed by atoms with Gasteiger partial charge in [0.25, 0.3) is 0 Å². The minimum atomic E-state index is 0.216. The summed E-state index contributed by atoms with van der Waals surface area (Å²) in [4.78, 5) is 12.1. The van der Waals surface area contributed by atoms with Crippen LogP contribution >= 0.6 is 39.0 Å². The normalized spacial score (nSPS) is 10.0. The summed E-state index contributed by atoms with van der Waals surface area (Å²) in [7, 11) is 0. The van der Waals surface area contributed by atoms with E-state index in [1.165, 1.54) is 11.3 Å². The Bertz CT molecular complexity index is 257. The predicted octanol–water partition coefficient (Wildman–Crippen LogP) is 3.06. The van der Waals surface area contributed by atoms with E-state index in [0.717, 1.165) is 8.66 Å². The molecule has 0 spiro atoms. The molecule has 1 heterocycles. The van der Waals surface area contributed by atoms with Crippen molar-refractivity contribution in [2.75, 3.05) is 12.0 Å². The van der Waals surface area contributed by atoms with Crippen LogP contribution in [-0.4, -0.2) is 17.8 Å². The zero-order valence-electron chi connectivity index (χ0n) is 5.96. The van der Waals surface area contributed by atoms with Crippen molar-refractivity contribution in [3.8, 4) is 0 Å². The molecule has 4 heteroatoms. The van der Waals surface area contributed by atoms with E-state index in [9.17, 15) is 4.79 Å². The summed E-state index contributed by atoms with van der Waals surface area (Å²) < 4.78 is 1.02. The van der Waals surface area contributed by atoms with Crippen LogP contribution in [0.25, 0.3) is 0 Å². The highest BCUT2D eigenvalue weighted by molar-refractivity contribution is 9.11. The maximum absolute atomic E-state index is 11.2. The molecule has 0 radical (unpaired) electrons. The first-order valence-corrected chi connectivity index (χ1v) is 6.02. The maximum Gasteiger partial charge on any atom is 0.182 e. The van der Waals surface area contributed by atoms with Gasteiger partial charge in [0.05, 0.1) is 14.4 Å². The van der Waals surface area contributed by atoms with Gasteiger partial charge in [0.2, 0.25) is 0 Å². The Labute approximate surface area is 82.3 Å². The number of rotatable bonds is 3. The smallest absolute Gasteiger partial charge is 0.182 e. The van der Waals surface area contributed by atoms with Gasteiger partial charge in [-0.25, -0.2) is 0 Å². The molecule has 60 valence electrons. The van der Waals surface area contributed by atoms with Gasteiger partial charge in [-0.3, -0.25) is 4.79 Å². The van der Waals surface area contributed by atoms with E-state index in [1.807, 2.05) is 18.4 Å². The molecule has 0 unspecified atom stereocenters. The van der Waals surface area contributed by atoms with Crippen molar-refractivity contribution in [2.24, 2.45) is 0 Å². The van der Waals surface area contributed by atoms with Crippen molar-refractivity contribution in [3.05, 3.63) is 20.8 Å². The minimum absolute atomic E-state index is 0.216. The second kappa shape index (κ2) is 4.28. The Morgan fingerprint density at radius 2 is 2.45 bits per heavy atom. The summed E-state index contributed by atoms with van der Waals surface area (Å²) in [6.45, 7) is 0. The Balaban J connectivity index is 2.69. The lowest BCUT2D eigenvalue weighted by molar-refractivity contribution is 0.102. The molecule has 0 aliphatic rings. The highest BCUT2D eigenvalue weighted by Crippen LogP contribution is 2.22. The Hall–Kier alpha value is 0.200. The fourth-order valence-electron chi connectivity index (χ4n) is 0.666. The molecule has 0 aliphatic carbocycles. The lowest BCUT2D eigenvalue weighted by Crippen LogP contribution is -1.97. The quantitative estimate of drug-likeness (QED) is 0.768. The minimum Gasteiger partial charge on any atom is -0.292 e. The summed E-state index contributed by atoms with van der Waals surface area (Å²) in [5.41, 5.74) is 0. The molecular weight excluding hydrogens is 244 g/mol. The summed E-state index contributed by atoms with van der Waals surface area (Å²) in [5.74, 6) is 0.792. The van der Waals surface area contributed by atoms with E-state index in [-0.39, 0.29) is 5.78 Å². The monoisotopic (exact) mass is 250 g/mol. The molecule has 0 saturated carbocycles. The van der Waals surface area contributed by atoms with Crippen molar-refractivity contribution in [1.29, 1.82) is 0 Å². The SMILES string of the molecule is CSCC(=O)c1ccc(Br)s1. The van der Waals surface area contributed by atoms with Gasteiger partial charge in [-0.1, -0.05) is 0 Å². The number of thiophene rings is 1. The third-order valence-electron chi connectivity index (χ3n) is 1.12. The predicted molar refractivity (Wildman–Crippen MR) is 54.7 cm³/mol. The number of hydrogen-bond acceptors (Lipinski definition) is 3. The molecule has 0 N–H and O–H groups in total. The van der Waals surface area contributed by atoms with Gasteiger partial charge in [-0.05, 0) is 34.3 Å². The maximum atomic E-state index is 11.2. The lowest BCUT2D eigenvalue weighted by atomic mass is 10.4. The van der Waals surface area contributed by atoms with Crippen molar-refractivity contribution in [2.45, 2.75) is 0 Å². The highest BCUT2D eigenvalue weighted by Gasteiger charge is 2.06. The van der Waals surface area contributed by atoms with Crippen molar-refractivity contribution in [3.63, 3.8) is 0 Å². The van der Waals surface area contributed by atoms with E-state index in [4.69, 9.17) is 0 Å².